The summed E-state index contributed by atoms with van der Waals surface area (Å²) in [4.78, 5) is 3.10. The second-order valence-corrected chi connectivity index (χ2v) is 6.43. The first kappa shape index (κ1) is 12.8. The molecule has 0 aromatic carbocycles. The van der Waals surface area contributed by atoms with Gasteiger partial charge in [-0.05, 0) is 26.0 Å². The van der Waals surface area contributed by atoms with Crippen molar-refractivity contribution in [3.63, 3.8) is 0 Å². The summed E-state index contributed by atoms with van der Waals surface area (Å²) in [5.74, 6) is -0.788. The highest BCUT2D eigenvalue weighted by Gasteiger charge is 2.68. The normalized spacial score (nSPS) is 38.0. The second-order valence-electron chi connectivity index (χ2n) is 6.43. The van der Waals surface area contributed by atoms with E-state index in [0.29, 0.717) is 17.9 Å². The van der Waals surface area contributed by atoms with Gasteiger partial charge in [-0.15, -0.1) is 5.10 Å². The number of nitrogens with one attached hydrogen (secondary N) is 1. The summed E-state index contributed by atoms with van der Waals surface area (Å²) in [5, 5.41) is 19.8. The number of ether oxygens (including phenoxy) is 3. The van der Waals surface area contributed by atoms with Crippen molar-refractivity contribution in [1.82, 2.24) is 20.0 Å². The summed E-state index contributed by atoms with van der Waals surface area (Å²) < 4.78 is 19.2. The molecule has 5 heterocycles. The van der Waals surface area contributed by atoms with Crippen molar-refractivity contribution in [3.8, 4) is 11.4 Å². The summed E-state index contributed by atoms with van der Waals surface area (Å²) in [6.07, 6.45) is 0.188. The maximum absolute atomic E-state index is 11.4. The fourth-order valence-electron chi connectivity index (χ4n) is 3.70. The monoisotopic (exact) mass is 304 g/mol. The lowest BCUT2D eigenvalue weighted by molar-refractivity contribution is -0.228. The molecule has 22 heavy (non-hydrogen) atoms. The number of aliphatic hydroxyl groups is 1. The molecule has 0 aliphatic carbocycles. The van der Waals surface area contributed by atoms with E-state index in [1.165, 1.54) is 0 Å². The summed E-state index contributed by atoms with van der Waals surface area (Å²) in [6.45, 7) is 4.05. The van der Waals surface area contributed by atoms with Gasteiger partial charge in [0.1, 0.15) is 23.6 Å². The minimum Gasteiger partial charge on any atom is -0.378 e. The fraction of sp³-hybridized carbons (Fsp3) is 0.571. The zero-order chi connectivity index (χ0) is 15.1. The smallest absolute Gasteiger partial charge is 0.191 e. The Hall–Kier alpha value is -1.74. The van der Waals surface area contributed by atoms with Gasteiger partial charge in [-0.1, -0.05) is 5.21 Å². The highest BCUT2D eigenvalue weighted by Crippen LogP contribution is 2.52. The zero-order valence-corrected chi connectivity index (χ0v) is 12.2. The van der Waals surface area contributed by atoms with Gasteiger partial charge in [0.25, 0.3) is 0 Å². The van der Waals surface area contributed by atoms with Gasteiger partial charge in [0, 0.05) is 6.20 Å². The van der Waals surface area contributed by atoms with E-state index in [9.17, 15) is 5.11 Å². The van der Waals surface area contributed by atoms with Crippen molar-refractivity contribution in [2.75, 3.05) is 0 Å². The Bertz CT molecular complexity index is 740. The molecule has 5 rings (SSSR count). The van der Waals surface area contributed by atoms with E-state index in [-0.39, 0.29) is 0 Å². The summed E-state index contributed by atoms with van der Waals surface area (Å²) >= 11 is 0. The minimum absolute atomic E-state index is 0.430. The van der Waals surface area contributed by atoms with Crippen molar-refractivity contribution in [2.45, 2.75) is 50.3 Å². The van der Waals surface area contributed by atoms with Gasteiger partial charge in [0.2, 0.25) is 0 Å². The number of aromatic nitrogens is 4. The van der Waals surface area contributed by atoms with E-state index < -0.39 is 29.9 Å². The van der Waals surface area contributed by atoms with Crippen LogP contribution in [0.25, 0.3) is 11.4 Å². The van der Waals surface area contributed by atoms with Gasteiger partial charge in [-0.2, -0.15) is 0 Å². The van der Waals surface area contributed by atoms with Crippen LogP contribution in [0.1, 0.15) is 19.5 Å². The van der Waals surface area contributed by atoms with Crippen molar-refractivity contribution < 1.29 is 19.3 Å². The third-order valence-corrected chi connectivity index (χ3v) is 4.59. The van der Waals surface area contributed by atoms with Crippen LogP contribution in [0.5, 0.6) is 0 Å². The Morgan fingerprint density at radius 2 is 2.27 bits per heavy atom. The molecule has 0 amide bonds. The molecular weight excluding hydrogens is 288 g/mol. The summed E-state index contributed by atoms with van der Waals surface area (Å²) in [5.41, 5.74) is 0.723. The van der Waals surface area contributed by atoms with E-state index >= 15 is 0 Å². The van der Waals surface area contributed by atoms with Gasteiger partial charge in [0.05, 0.1) is 12.2 Å². The van der Waals surface area contributed by atoms with E-state index in [2.05, 4.69) is 15.3 Å². The van der Waals surface area contributed by atoms with Crippen molar-refractivity contribution in [2.24, 2.45) is 0 Å². The molecule has 2 aromatic heterocycles. The van der Waals surface area contributed by atoms with Crippen LogP contribution in [-0.4, -0.2) is 49.4 Å². The van der Waals surface area contributed by atoms with E-state index in [1.54, 1.807) is 4.68 Å². The molecule has 2 N–H and O–H groups in total. The van der Waals surface area contributed by atoms with Gasteiger partial charge >= 0.3 is 0 Å². The first-order chi connectivity index (χ1) is 10.5. The highest BCUT2D eigenvalue weighted by molar-refractivity contribution is 5.60. The Balaban J connectivity index is 1.66. The molecule has 3 aliphatic heterocycles. The third-order valence-electron chi connectivity index (χ3n) is 4.59. The molecule has 2 saturated heterocycles. The molecule has 0 unspecified atom stereocenters. The van der Waals surface area contributed by atoms with Crippen LogP contribution in [0.4, 0.5) is 0 Å². The van der Waals surface area contributed by atoms with E-state index in [1.807, 2.05) is 32.2 Å². The van der Waals surface area contributed by atoms with E-state index in [0.717, 1.165) is 5.69 Å². The molecule has 0 bridgehead atoms. The first-order valence-electron chi connectivity index (χ1n) is 7.30. The molecule has 116 valence electrons. The Kier molecular flexibility index (Phi) is 2.19. The highest BCUT2D eigenvalue weighted by atomic mass is 16.8. The molecule has 8 heteroatoms. The lowest BCUT2D eigenvalue weighted by Gasteiger charge is -2.28. The molecular formula is C14H16N4O4. The number of hydrogen-bond donors (Lipinski definition) is 2. The van der Waals surface area contributed by atoms with Crippen LogP contribution in [0, 0.1) is 0 Å². The van der Waals surface area contributed by atoms with Gasteiger partial charge in [-0.3, -0.25) is 0 Å². The number of rotatable bonds is 1. The predicted molar refractivity (Wildman–Crippen MR) is 72.4 cm³/mol. The summed E-state index contributed by atoms with van der Waals surface area (Å²) in [7, 11) is 0. The number of hydrogen-bond acceptors (Lipinski definition) is 6. The SMILES string of the molecule is CC1(C)O[C@H]2O[C@@H]3Cn4nnc(-c5ccc[nH]5)c4[C@]3(O)[C@H]2O1. The number of fused-ring (bicyclic) bond motifs is 5. The van der Waals surface area contributed by atoms with Crippen LogP contribution in [-0.2, 0) is 26.4 Å². The largest absolute Gasteiger partial charge is 0.378 e. The standard InChI is InChI=1S/C14H16N4O4/c1-13(2)21-11-12(22-13)20-8-6-18-10(14(8,11)19)9(16-17-18)7-4-3-5-15-7/h3-5,8,11-12,15,19H,6H2,1-2H3/t8-,11+,12-,14+/m1/s1. The molecule has 0 radical (unpaired) electrons. The Labute approximate surface area is 126 Å². The molecule has 2 fully saturated rings. The predicted octanol–water partition coefficient (Wildman–Crippen LogP) is 0.351. The topological polar surface area (TPSA) is 94.4 Å². The van der Waals surface area contributed by atoms with Crippen LogP contribution < -0.4 is 0 Å². The quantitative estimate of drug-likeness (QED) is 0.789. The van der Waals surface area contributed by atoms with Gasteiger partial charge in [0.15, 0.2) is 17.7 Å². The van der Waals surface area contributed by atoms with Gasteiger partial charge in [-0.25, -0.2) is 4.68 Å². The molecule has 0 saturated carbocycles. The maximum Gasteiger partial charge on any atom is 0.191 e. The molecule has 8 nitrogen and oxygen atoms in total. The third kappa shape index (κ3) is 1.40. The lowest BCUT2D eigenvalue weighted by Crippen LogP contribution is -2.44. The number of nitrogens with zero attached hydrogens (tertiary/aromatic N) is 3. The molecule has 4 atom stereocenters. The Morgan fingerprint density at radius 3 is 3.05 bits per heavy atom. The van der Waals surface area contributed by atoms with Crippen LogP contribution in [0.15, 0.2) is 18.3 Å². The van der Waals surface area contributed by atoms with E-state index in [4.69, 9.17) is 14.2 Å². The minimum atomic E-state index is -1.32. The first-order valence-corrected chi connectivity index (χ1v) is 7.30. The zero-order valence-electron chi connectivity index (χ0n) is 12.2. The maximum atomic E-state index is 11.4. The average Bonchev–Trinajstić information content (AvgIpc) is 3.18. The molecule has 2 aromatic rings. The number of aromatic amines is 1. The second kappa shape index (κ2) is 3.77. The average molecular weight is 304 g/mol. The fourth-order valence-corrected chi connectivity index (χ4v) is 3.70. The van der Waals surface area contributed by atoms with Crippen molar-refractivity contribution >= 4 is 0 Å². The van der Waals surface area contributed by atoms with Crippen molar-refractivity contribution in [3.05, 3.63) is 24.0 Å². The molecule has 0 spiro atoms. The molecule has 3 aliphatic rings. The lowest BCUT2D eigenvalue weighted by atomic mass is 9.90. The van der Waals surface area contributed by atoms with Crippen molar-refractivity contribution in [1.29, 1.82) is 0 Å². The number of H-pyrrole nitrogens is 1. The van der Waals surface area contributed by atoms with Crippen LogP contribution in [0.2, 0.25) is 0 Å². The Morgan fingerprint density at radius 1 is 1.41 bits per heavy atom. The van der Waals surface area contributed by atoms with Gasteiger partial charge < -0.3 is 24.3 Å². The summed E-state index contributed by atoms with van der Waals surface area (Å²) in [6, 6.07) is 3.77. The van der Waals surface area contributed by atoms with Crippen LogP contribution in [0.3, 0.4) is 0 Å². The van der Waals surface area contributed by atoms with Crippen LogP contribution >= 0.6 is 0 Å².